The zero-order valence-electron chi connectivity index (χ0n) is 10.2. The first-order chi connectivity index (χ1) is 8.86. The highest BCUT2D eigenvalue weighted by Crippen LogP contribution is 2.30. The van der Waals surface area contributed by atoms with Gasteiger partial charge in [-0.2, -0.15) is 0 Å². The minimum atomic E-state index is 0.449. The molecule has 3 nitrogen and oxygen atoms in total. The molecule has 2 aromatic rings. The van der Waals surface area contributed by atoms with Crippen LogP contribution < -0.4 is 11.3 Å². The summed E-state index contributed by atoms with van der Waals surface area (Å²) in [4.78, 5) is 5.95. The molecule has 1 aliphatic rings. The van der Waals surface area contributed by atoms with Gasteiger partial charge in [-0.3, -0.25) is 4.99 Å². The van der Waals surface area contributed by atoms with Crippen molar-refractivity contribution in [2.75, 3.05) is 0 Å². The van der Waals surface area contributed by atoms with Crippen LogP contribution in [-0.2, 0) is 0 Å². The Hall–Kier alpha value is -0.910. The number of nitrogens with one attached hydrogen (secondary N) is 1. The average molecular weight is 279 g/mol. The lowest BCUT2D eigenvalue weighted by Crippen LogP contribution is -2.32. The van der Waals surface area contributed by atoms with Crippen molar-refractivity contribution in [2.24, 2.45) is 10.8 Å². The van der Waals surface area contributed by atoms with Crippen molar-refractivity contribution < 1.29 is 0 Å². The van der Waals surface area contributed by atoms with Gasteiger partial charge in [0.1, 0.15) is 0 Å². The molecule has 0 bridgehead atoms. The van der Waals surface area contributed by atoms with Crippen LogP contribution in [0.5, 0.6) is 0 Å². The van der Waals surface area contributed by atoms with Gasteiger partial charge >= 0.3 is 0 Å². The lowest BCUT2D eigenvalue weighted by molar-refractivity contribution is 0.442. The average Bonchev–Trinajstić information content (AvgIpc) is 2.98. The van der Waals surface area contributed by atoms with E-state index in [1.165, 1.54) is 41.5 Å². The molecule has 1 aliphatic carbocycles. The molecule has 0 saturated heterocycles. The molecule has 0 aliphatic heterocycles. The third kappa shape index (κ3) is 2.43. The van der Waals surface area contributed by atoms with Gasteiger partial charge in [0, 0.05) is 9.40 Å². The molecule has 3 rings (SSSR count). The first-order valence-corrected chi connectivity index (χ1v) is 8.08. The van der Waals surface area contributed by atoms with Crippen LogP contribution in [0.2, 0.25) is 0 Å². The number of thiophene rings is 2. The van der Waals surface area contributed by atoms with Crippen LogP contribution in [0.1, 0.15) is 37.0 Å². The van der Waals surface area contributed by atoms with Crippen molar-refractivity contribution >= 4 is 37.9 Å². The Morgan fingerprint density at radius 2 is 2.11 bits per heavy atom. The zero-order chi connectivity index (χ0) is 12.4. The van der Waals surface area contributed by atoms with E-state index >= 15 is 0 Å². The summed E-state index contributed by atoms with van der Waals surface area (Å²) in [6, 6.07) is 4.79. The third-order valence-electron chi connectivity index (χ3n) is 3.40. The lowest BCUT2D eigenvalue weighted by Gasteiger charge is -2.18. The van der Waals surface area contributed by atoms with Gasteiger partial charge in [-0.05, 0) is 30.4 Å². The van der Waals surface area contributed by atoms with E-state index in [9.17, 15) is 0 Å². The van der Waals surface area contributed by atoms with Gasteiger partial charge in [-0.15, -0.1) is 22.7 Å². The molecule has 18 heavy (non-hydrogen) atoms. The van der Waals surface area contributed by atoms with E-state index in [1.807, 2.05) is 0 Å². The van der Waals surface area contributed by atoms with Gasteiger partial charge < -0.3 is 5.43 Å². The van der Waals surface area contributed by atoms with Gasteiger partial charge in [-0.1, -0.05) is 19.3 Å². The molecule has 5 heteroatoms. The topological polar surface area (TPSA) is 50.4 Å². The Morgan fingerprint density at radius 1 is 1.28 bits per heavy atom. The van der Waals surface area contributed by atoms with Crippen LogP contribution in [0, 0.1) is 0 Å². The van der Waals surface area contributed by atoms with Crippen LogP contribution in [0.3, 0.4) is 0 Å². The highest BCUT2D eigenvalue weighted by atomic mass is 32.1. The molecule has 1 fully saturated rings. The van der Waals surface area contributed by atoms with E-state index < -0.39 is 0 Å². The molecule has 2 heterocycles. The number of fused-ring (bicyclic) bond motifs is 1. The smallest absolute Gasteiger partial charge is 0.153 e. The normalized spacial score (nSPS) is 18.4. The van der Waals surface area contributed by atoms with Crippen molar-refractivity contribution in [1.82, 2.24) is 5.43 Å². The Labute approximate surface area is 115 Å². The highest BCUT2D eigenvalue weighted by molar-refractivity contribution is 7.27. The number of nitrogens with two attached hydrogens (primary N) is 1. The molecule has 3 N–H and O–H groups in total. The summed E-state index contributed by atoms with van der Waals surface area (Å²) in [6.07, 6.45) is 6.35. The maximum Gasteiger partial charge on any atom is 0.153 e. The minimum Gasteiger partial charge on any atom is -0.308 e. The number of hydrogen-bond acceptors (Lipinski definition) is 4. The van der Waals surface area contributed by atoms with Crippen molar-refractivity contribution in [1.29, 1.82) is 0 Å². The fourth-order valence-corrected chi connectivity index (χ4v) is 4.52. The fourth-order valence-electron chi connectivity index (χ4n) is 2.45. The van der Waals surface area contributed by atoms with Crippen LogP contribution >= 0.6 is 22.7 Å². The van der Waals surface area contributed by atoms with E-state index in [0.29, 0.717) is 6.04 Å². The molecule has 0 atom stereocenters. The lowest BCUT2D eigenvalue weighted by atomic mass is 9.96. The quantitative estimate of drug-likeness (QED) is 0.382. The zero-order valence-corrected chi connectivity index (χ0v) is 11.8. The van der Waals surface area contributed by atoms with Crippen LogP contribution in [0.25, 0.3) is 9.40 Å². The fraction of sp³-hybridized carbons (Fsp3) is 0.462. The van der Waals surface area contributed by atoms with Gasteiger partial charge in [0.05, 0.1) is 10.9 Å². The summed E-state index contributed by atoms with van der Waals surface area (Å²) in [7, 11) is 0. The number of aliphatic imine (C=N–C) groups is 1. The molecule has 1 saturated carbocycles. The molecule has 0 radical (unpaired) electrons. The summed E-state index contributed by atoms with van der Waals surface area (Å²) in [6.45, 7) is 0. The second-order valence-corrected chi connectivity index (χ2v) is 6.71. The molecular weight excluding hydrogens is 262 g/mol. The summed E-state index contributed by atoms with van der Waals surface area (Å²) >= 11 is 3.53. The third-order valence-corrected chi connectivity index (χ3v) is 5.50. The number of nitrogens with zero attached hydrogens (tertiary/aromatic N) is 1. The summed E-state index contributed by atoms with van der Waals surface area (Å²) in [5, 5.41) is 2.12. The second-order valence-electron chi connectivity index (χ2n) is 4.67. The summed E-state index contributed by atoms with van der Waals surface area (Å²) in [5.74, 6) is 6.50. The van der Waals surface area contributed by atoms with Gasteiger partial charge in [0.25, 0.3) is 0 Å². The standard InChI is InChI=1S/C13H17N3S2/c14-16-13(15-9-4-2-1-3-5-9)12-8-11-10(18-12)6-7-17-11/h6-9H,1-5,14H2,(H,15,16). The van der Waals surface area contributed by atoms with Crippen LogP contribution in [0.4, 0.5) is 0 Å². The maximum atomic E-state index is 5.64. The number of amidine groups is 1. The molecule has 0 amide bonds. The van der Waals surface area contributed by atoms with Crippen molar-refractivity contribution in [3.63, 3.8) is 0 Å². The van der Waals surface area contributed by atoms with Crippen molar-refractivity contribution in [3.8, 4) is 0 Å². The van der Waals surface area contributed by atoms with E-state index in [1.54, 1.807) is 22.7 Å². The van der Waals surface area contributed by atoms with E-state index in [-0.39, 0.29) is 0 Å². The minimum absolute atomic E-state index is 0.449. The number of hydrazine groups is 1. The van der Waals surface area contributed by atoms with Crippen LogP contribution in [-0.4, -0.2) is 11.9 Å². The number of rotatable bonds is 2. The highest BCUT2D eigenvalue weighted by Gasteiger charge is 2.15. The molecular formula is C13H17N3S2. The number of hydrogen-bond donors (Lipinski definition) is 2. The van der Waals surface area contributed by atoms with E-state index in [4.69, 9.17) is 10.8 Å². The Kier molecular flexibility index (Phi) is 3.63. The van der Waals surface area contributed by atoms with Crippen molar-refractivity contribution in [2.45, 2.75) is 38.1 Å². The van der Waals surface area contributed by atoms with Gasteiger partial charge in [0.15, 0.2) is 5.84 Å². The van der Waals surface area contributed by atoms with E-state index in [2.05, 4.69) is 22.9 Å². The first kappa shape index (κ1) is 12.1. The maximum absolute atomic E-state index is 5.64. The largest absolute Gasteiger partial charge is 0.308 e. The van der Waals surface area contributed by atoms with Crippen molar-refractivity contribution in [3.05, 3.63) is 22.4 Å². The molecule has 0 aromatic carbocycles. The summed E-state index contributed by atoms with van der Waals surface area (Å²) in [5.41, 5.74) is 2.78. The predicted molar refractivity (Wildman–Crippen MR) is 80.4 cm³/mol. The van der Waals surface area contributed by atoms with Gasteiger partial charge in [0.2, 0.25) is 0 Å². The predicted octanol–water partition coefficient (Wildman–Crippen LogP) is 3.51. The molecule has 0 unspecified atom stereocenters. The Bertz CT molecular complexity index is 521. The molecule has 0 spiro atoms. The second kappa shape index (κ2) is 5.38. The monoisotopic (exact) mass is 279 g/mol. The van der Waals surface area contributed by atoms with Crippen LogP contribution in [0.15, 0.2) is 22.5 Å². The SMILES string of the molecule is NNC(=NC1CCCCC1)c1cc2sccc2s1. The summed E-state index contributed by atoms with van der Waals surface area (Å²) < 4.78 is 2.64. The Morgan fingerprint density at radius 3 is 2.83 bits per heavy atom. The first-order valence-electron chi connectivity index (χ1n) is 6.38. The molecule has 96 valence electrons. The van der Waals surface area contributed by atoms with E-state index in [0.717, 1.165) is 10.7 Å². The van der Waals surface area contributed by atoms with Gasteiger partial charge in [-0.25, -0.2) is 5.84 Å². The molecule has 2 aromatic heterocycles. The Balaban J connectivity index is 1.86.